The van der Waals surface area contributed by atoms with Gasteiger partial charge in [0.15, 0.2) is 5.16 Å². The van der Waals surface area contributed by atoms with Gasteiger partial charge in [0.2, 0.25) is 0 Å². The van der Waals surface area contributed by atoms with Crippen LogP contribution < -0.4 is 10.3 Å². The van der Waals surface area contributed by atoms with Gasteiger partial charge in [0.1, 0.15) is 5.75 Å². The van der Waals surface area contributed by atoms with Gasteiger partial charge in [-0.1, -0.05) is 41.6 Å². The van der Waals surface area contributed by atoms with Crippen LogP contribution in [-0.4, -0.2) is 29.9 Å². The number of hydrogen-bond acceptors (Lipinski definition) is 5. The van der Waals surface area contributed by atoms with Gasteiger partial charge in [-0.2, -0.15) is 0 Å². The van der Waals surface area contributed by atoms with E-state index in [1.807, 2.05) is 43.3 Å². The second kappa shape index (κ2) is 9.75. The van der Waals surface area contributed by atoms with Crippen LogP contribution in [0.1, 0.15) is 24.5 Å². The number of aromatic nitrogens is 2. The Bertz CT molecular complexity index is 1000. The highest BCUT2D eigenvalue weighted by Gasteiger charge is 2.13. The molecule has 5 nitrogen and oxygen atoms in total. The molecule has 2 aromatic carbocycles. The van der Waals surface area contributed by atoms with Crippen molar-refractivity contribution in [2.24, 2.45) is 0 Å². The number of para-hydroxylation sites is 1. The van der Waals surface area contributed by atoms with Crippen LogP contribution in [0.25, 0.3) is 10.9 Å². The first-order valence-electron chi connectivity index (χ1n) is 9.47. The Kier molecular flexibility index (Phi) is 7.12. The first-order valence-corrected chi connectivity index (χ1v) is 10.5. The molecule has 0 amide bonds. The van der Waals surface area contributed by atoms with Crippen LogP contribution >= 0.6 is 11.8 Å². The number of ether oxygens (including phenoxy) is 2. The molecule has 0 aliphatic rings. The van der Waals surface area contributed by atoms with Crippen molar-refractivity contribution in [3.63, 3.8) is 0 Å². The van der Waals surface area contributed by atoms with Crippen LogP contribution in [0.4, 0.5) is 0 Å². The van der Waals surface area contributed by atoms with Gasteiger partial charge in [-0.15, -0.1) is 0 Å². The smallest absolute Gasteiger partial charge is 0.262 e. The normalized spacial score (nSPS) is 11.1. The topological polar surface area (TPSA) is 53.4 Å². The van der Waals surface area contributed by atoms with E-state index in [1.165, 1.54) is 5.56 Å². The Morgan fingerprint density at radius 1 is 1.18 bits per heavy atom. The third kappa shape index (κ3) is 4.75. The summed E-state index contributed by atoms with van der Waals surface area (Å²) in [5, 5.41) is 1.38. The lowest BCUT2D eigenvalue weighted by molar-refractivity contribution is 0.140. The molecule has 0 fully saturated rings. The quantitative estimate of drug-likeness (QED) is 0.303. The standard InChI is InChI=1S/C22H26N2O3S/c1-4-27-13-7-12-24-21(25)18-8-5-6-9-19(18)23-22(24)28-15-17-14-16(2)10-11-20(17)26-3/h5-6,8-11,14H,4,7,12-13,15H2,1-3H3. The van der Waals surface area contributed by atoms with Crippen molar-refractivity contribution < 1.29 is 9.47 Å². The second-order valence-corrected chi connectivity index (χ2v) is 7.47. The summed E-state index contributed by atoms with van der Waals surface area (Å²) in [6.07, 6.45) is 0.773. The number of thioether (sulfide) groups is 1. The van der Waals surface area contributed by atoms with Crippen LogP contribution in [-0.2, 0) is 17.0 Å². The van der Waals surface area contributed by atoms with Crippen LogP contribution in [0, 0.1) is 6.92 Å². The minimum Gasteiger partial charge on any atom is -0.496 e. The summed E-state index contributed by atoms with van der Waals surface area (Å²) in [5.41, 5.74) is 3.00. The first kappa shape index (κ1) is 20.4. The Labute approximate surface area is 169 Å². The van der Waals surface area contributed by atoms with E-state index < -0.39 is 0 Å². The molecule has 1 heterocycles. The molecule has 148 valence electrons. The number of fused-ring (bicyclic) bond motifs is 1. The van der Waals surface area contributed by atoms with Crippen molar-refractivity contribution in [2.75, 3.05) is 20.3 Å². The van der Waals surface area contributed by atoms with Crippen molar-refractivity contribution in [2.45, 2.75) is 37.7 Å². The van der Waals surface area contributed by atoms with Gasteiger partial charge < -0.3 is 9.47 Å². The minimum atomic E-state index is 0.000746. The van der Waals surface area contributed by atoms with Crippen LogP contribution in [0.2, 0.25) is 0 Å². The molecule has 0 aliphatic heterocycles. The van der Waals surface area contributed by atoms with Crippen molar-refractivity contribution in [3.8, 4) is 5.75 Å². The van der Waals surface area contributed by atoms with Crippen molar-refractivity contribution in [3.05, 3.63) is 63.9 Å². The van der Waals surface area contributed by atoms with Gasteiger partial charge in [-0.25, -0.2) is 4.98 Å². The molecule has 3 rings (SSSR count). The van der Waals surface area contributed by atoms with Gasteiger partial charge in [0.25, 0.3) is 5.56 Å². The molecular weight excluding hydrogens is 372 g/mol. The van der Waals surface area contributed by atoms with Gasteiger partial charge in [-0.05, 0) is 38.5 Å². The van der Waals surface area contributed by atoms with Crippen molar-refractivity contribution in [1.29, 1.82) is 0 Å². The summed E-state index contributed by atoms with van der Waals surface area (Å²) in [7, 11) is 1.68. The van der Waals surface area contributed by atoms with E-state index in [0.29, 0.717) is 30.9 Å². The molecule has 0 bridgehead atoms. The molecule has 1 aromatic heterocycles. The average molecular weight is 399 g/mol. The van der Waals surface area contributed by atoms with Crippen LogP contribution in [0.5, 0.6) is 5.75 Å². The van der Waals surface area contributed by atoms with Gasteiger partial charge in [0, 0.05) is 31.1 Å². The van der Waals surface area contributed by atoms with E-state index in [0.717, 1.165) is 28.4 Å². The third-order valence-corrected chi connectivity index (χ3v) is 5.52. The number of hydrogen-bond donors (Lipinski definition) is 0. The molecule has 0 saturated carbocycles. The zero-order valence-electron chi connectivity index (χ0n) is 16.6. The first-order chi connectivity index (χ1) is 13.6. The summed E-state index contributed by atoms with van der Waals surface area (Å²) < 4.78 is 12.7. The maximum absolute atomic E-state index is 13.0. The highest BCUT2D eigenvalue weighted by molar-refractivity contribution is 7.98. The SMILES string of the molecule is CCOCCCn1c(SCc2cc(C)ccc2OC)nc2ccccc2c1=O. The molecule has 0 atom stereocenters. The van der Waals surface area contributed by atoms with E-state index in [9.17, 15) is 4.79 Å². The molecular formula is C22H26N2O3S. The van der Waals surface area contributed by atoms with Crippen molar-refractivity contribution >= 4 is 22.7 Å². The van der Waals surface area contributed by atoms with E-state index in [4.69, 9.17) is 14.5 Å². The zero-order valence-corrected chi connectivity index (χ0v) is 17.4. The van der Waals surface area contributed by atoms with Gasteiger partial charge in [0.05, 0.1) is 18.0 Å². The van der Waals surface area contributed by atoms with E-state index >= 15 is 0 Å². The van der Waals surface area contributed by atoms with Crippen LogP contribution in [0.3, 0.4) is 0 Å². The fourth-order valence-corrected chi connectivity index (χ4v) is 4.09. The predicted octanol–water partition coefficient (Wildman–Crippen LogP) is 4.43. The number of benzene rings is 2. The van der Waals surface area contributed by atoms with Gasteiger partial charge >= 0.3 is 0 Å². The monoisotopic (exact) mass is 398 g/mol. The molecule has 0 aliphatic carbocycles. The number of nitrogens with zero attached hydrogens (tertiary/aromatic N) is 2. The lowest BCUT2D eigenvalue weighted by atomic mass is 10.1. The Balaban J connectivity index is 1.92. The molecule has 28 heavy (non-hydrogen) atoms. The number of rotatable bonds is 9. The lowest BCUT2D eigenvalue weighted by Crippen LogP contribution is -2.24. The molecule has 0 N–H and O–H groups in total. The Hall–Kier alpha value is -2.31. The number of aryl methyl sites for hydroxylation is 1. The molecule has 6 heteroatoms. The maximum Gasteiger partial charge on any atom is 0.262 e. The molecule has 0 saturated heterocycles. The zero-order chi connectivity index (χ0) is 19.9. The summed E-state index contributed by atoms with van der Waals surface area (Å²) in [6, 6.07) is 13.6. The summed E-state index contributed by atoms with van der Waals surface area (Å²) in [6.45, 7) is 5.93. The predicted molar refractivity (Wildman–Crippen MR) is 114 cm³/mol. The van der Waals surface area contributed by atoms with E-state index in [-0.39, 0.29) is 5.56 Å². The van der Waals surface area contributed by atoms with Crippen LogP contribution in [0.15, 0.2) is 52.4 Å². The summed E-state index contributed by atoms with van der Waals surface area (Å²) in [4.78, 5) is 17.8. The second-order valence-electron chi connectivity index (χ2n) is 6.52. The van der Waals surface area contributed by atoms with E-state index in [1.54, 1.807) is 23.4 Å². The summed E-state index contributed by atoms with van der Waals surface area (Å²) >= 11 is 1.56. The average Bonchev–Trinajstić information content (AvgIpc) is 2.71. The Morgan fingerprint density at radius 2 is 2.00 bits per heavy atom. The highest BCUT2D eigenvalue weighted by Crippen LogP contribution is 2.28. The molecule has 0 unspecified atom stereocenters. The minimum absolute atomic E-state index is 0.000746. The maximum atomic E-state index is 13.0. The highest BCUT2D eigenvalue weighted by atomic mass is 32.2. The Morgan fingerprint density at radius 3 is 2.79 bits per heavy atom. The molecule has 3 aromatic rings. The fraction of sp³-hybridized carbons (Fsp3) is 0.364. The fourth-order valence-electron chi connectivity index (χ4n) is 3.09. The van der Waals surface area contributed by atoms with E-state index in [2.05, 4.69) is 13.0 Å². The third-order valence-electron chi connectivity index (χ3n) is 4.49. The number of methoxy groups -OCH3 is 1. The lowest BCUT2D eigenvalue weighted by Gasteiger charge is -2.14. The summed E-state index contributed by atoms with van der Waals surface area (Å²) in [5.74, 6) is 1.53. The van der Waals surface area contributed by atoms with Gasteiger partial charge in [-0.3, -0.25) is 9.36 Å². The molecule has 0 radical (unpaired) electrons. The largest absolute Gasteiger partial charge is 0.496 e. The van der Waals surface area contributed by atoms with Crippen molar-refractivity contribution in [1.82, 2.24) is 9.55 Å². The molecule has 0 spiro atoms.